The van der Waals surface area contributed by atoms with Crippen LogP contribution >= 0.6 is 24.0 Å². The van der Waals surface area contributed by atoms with Gasteiger partial charge in [0.1, 0.15) is 10.1 Å². The van der Waals surface area contributed by atoms with E-state index in [1.807, 2.05) is 42.5 Å². The van der Waals surface area contributed by atoms with Crippen LogP contribution in [0.3, 0.4) is 0 Å². The van der Waals surface area contributed by atoms with Crippen molar-refractivity contribution in [1.29, 1.82) is 0 Å². The molecule has 0 radical (unpaired) electrons. The van der Waals surface area contributed by atoms with Gasteiger partial charge in [0.2, 0.25) is 0 Å². The summed E-state index contributed by atoms with van der Waals surface area (Å²) in [7, 11) is 0. The Morgan fingerprint density at radius 2 is 1.81 bits per heavy atom. The van der Waals surface area contributed by atoms with Gasteiger partial charge in [-0.05, 0) is 34.9 Å². The Kier molecular flexibility index (Phi) is 3.77. The van der Waals surface area contributed by atoms with Crippen LogP contribution in [0.15, 0.2) is 53.4 Å². The van der Waals surface area contributed by atoms with Crippen molar-refractivity contribution in [2.75, 3.05) is 0 Å². The third-order valence-corrected chi connectivity index (χ3v) is 4.23. The molecule has 2 aromatic rings. The molecule has 1 aliphatic heterocycles. The molecule has 0 atom stereocenters. The smallest absolute Gasteiger partial charge is 0.263 e. The minimum absolute atomic E-state index is 0.162. The lowest BCUT2D eigenvalue weighted by atomic mass is 9.99. The van der Waals surface area contributed by atoms with Crippen molar-refractivity contribution in [2.24, 2.45) is 0 Å². The van der Waals surface area contributed by atoms with Gasteiger partial charge < -0.3 is 10.4 Å². The average Bonchev–Trinajstić information content (AvgIpc) is 2.79. The van der Waals surface area contributed by atoms with Crippen molar-refractivity contribution in [3.05, 3.63) is 59.0 Å². The van der Waals surface area contributed by atoms with E-state index < -0.39 is 0 Å². The number of carbonyl (C=O) groups is 1. The first-order valence-corrected chi connectivity index (χ1v) is 7.49. The third kappa shape index (κ3) is 2.99. The number of phenolic OH excluding ortho intramolecular Hbond substituents is 1. The predicted molar refractivity (Wildman–Crippen MR) is 89.9 cm³/mol. The second kappa shape index (κ2) is 5.71. The Morgan fingerprint density at radius 1 is 1.10 bits per heavy atom. The number of aromatic hydroxyl groups is 1. The van der Waals surface area contributed by atoms with E-state index in [0.717, 1.165) is 16.7 Å². The molecule has 3 rings (SSSR count). The van der Waals surface area contributed by atoms with Crippen LogP contribution in [-0.2, 0) is 4.79 Å². The van der Waals surface area contributed by atoms with Gasteiger partial charge in [0.15, 0.2) is 0 Å². The topological polar surface area (TPSA) is 49.3 Å². The molecule has 2 N–H and O–H groups in total. The second-order valence-corrected chi connectivity index (χ2v) is 6.21. The quantitative estimate of drug-likeness (QED) is 0.657. The second-order valence-electron chi connectivity index (χ2n) is 4.49. The highest BCUT2D eigenvalue weighted by atomic mass is 32.2. The minimum Gasteiger partial charge on any atom is -0.508 e. The van der Waals surface area contributed by atoms with E-state index in [1.54, 1.807) is 12.1 Å². The van der Waals surface area contributed by atoms with Gasteiger partial charge >= 0.3 is 0 Å². The summed E-state index contributed by atoms with van der Waals surface area (Å²) in [5.41, 5.74) is 2.91. The highest BCUT2D eigenvalue weighted by molar-refractivity contribution is 8.26. The first-order chi connectivity index (χ1) is 10.1. The molecule has 104 valence electrons. The first-order valence-electron chi connectivity index (χ1n) is 6.27. The molecule has 1 aliphatic rings. The number of amides is 1. The number of thioether (sulfide) groups is 1. The highest BCUT2D eigenvalue weighted by Crippen LogP contribution is 2.31. The molecule has 0 aliphatic carbocycles. The lowest BCUT2D eigenvalue weighted by Gasteiger charge is -2.07. The van der Waals surface area contributed by atoms with Crippen LogP contribution in [0.5, 0.6) is 5.75 Å². The molecule has 1 fully saturated rings. The van der Waals surface area contributed by atoms with Crippen molar-refractivity contribution in [3.63, 3.8) is 0 Å². The Bertz CT molecular complexity index is 751. The summed E-state index contributed by atoms with van der Waals surface area (Å²) in [5.74, 6) is 0.0659. The molecule has 2 aromatic carbocycles. The summed E-state index contributed by atoms with van der Waals surface area (Å²) in [6.45, 7) is 0. The number of rotatable bonds is 2. The SMILES string of the molecule is O=C1NC(=S)S/C1=C\c1ccccc1-c1ccc(O)cc1. The number of carbonyl (C=O) groups excluding carboxylic acids is 1. The number of nitrogens with one attached hydrogen (secondary N) is 1. The fraction of sp³-hybridized carbons (Fsp3) is 0. The maximum atomic E-state index is 11.8. The van der Waals surface area contributed by atoms with Crippen molar-refractivity contribution in [1.82, 2.24) is 5.32 Å². The fourth-order valence-electron chi connectivity index (χ4n) is 2.09. The Morgan fingerprint density at radius 3 is 2.48 bits per heavy atom. The van der Waals surface area contributed by atoms with E-state index in [0.29, 0.717) is 9.23 Å². The summed E-state index contributed by atoms with van der Waals surface area (Å²) in [6, 6.07) is 14.8. The Labute approximate surface area is 131 Å². The molecular weight excluding hydrogens is 302 g/mol. The van der Waals surface area contributed by atoms with E-state index in [-0.39, 0.29) is 11.7 Å². The predicted octanol–water partition coefficient (Wildman–Crippen LogP) is 3.55. The van der Waals surface area contributed by atoms with Crippen molar-refractivity contribution < 1.29 is 9.90 Å². The molecule has 0 saturated carbocycles. The molecule has 21 heavy (non-hydrogen) atoms. The van der Waals surface area contributed by atoms with Crippen LogP contribution in [0.25, 0.3) is 17.2 Å². The van der Waals surface area contributed by atoms with E-state index in [4.69, 9.17) is 12.2 Å². The highest BCUT2D eigenvalue weighted by Gasteiger charge is 2.22. The Hall–Kier alpha value is -2.11. The van der Waals surface area contributed by atoms with Crippen LogP contribution in [0.2, 0.25) is 0 Å². The molecule has 0 unspecified atom stereocenters. The fourth-order valence-corrected chi connectivity index (χ4v) is 3.12. The number of hydrogen-bond donors (Lipinski definition) is 2. The van der Waals surface area contributed by atoms with Gasteiger partial charge in [0, 0.05) is 0 Å². The van der Waals surface area contributed by atoms with Gasteiger partial charge in [0.05, 0.1) is 4.91 Å². The van der Waals surface area contributed by atoms with Crippen LogP contribution in [0.4, 0.5) is 0 Å². The lowest BCUT2D eigenvalue weighted by molar-refractivity contribution is -0.115. The standard InChI is InChI=1S/C16H11NO2S2/c18-12-7-5-10(6-8-12)13-4-2-1-3-11(13)9-14-15(19)17-16(20)21-14/h1-9,18H,(H,17,19,20)/b14-9-. The lowest BCUT2D eigenvalue weighted by Crippen LogP contribution is -2.17. The van der Waals surface area contributed by atoms with E-state index >= 15 is 0 Å². The first kappa shape index (κ1) is 13.9. The van der Waals surface area contributed by atoms with E-state index in [1.165, 1.54) is 11.8 Å². The van der Waals surface area contributed by atoms with Gasteiger partial charge in [-0.15, -0.1) is 0 Å². The molecule has 3 nitrogen and oxygen atoms in total. The largest absolute Gasteiger partial charge is 0.508 e. The van der Waals surface area contributed by atoms with Gasteiger partial charge in [0.25, 0.3) is 5.91 Å². The molecule has 0 spiro atoms. The average molecular weight is 313 g/mol. The van der Waals surface area contributed by atoms with Crippen LogP contribution in [0, 0.1) is 0 Å². The number of phenols is 1. The third-order valence-electron chi connectivity index (χ3n) is 3.07. The van der Waals surface area contributed by atoms with Gasteiger partial charge in [-0.3, -0.25) is 4.79 Å². The van der Waals surface area contributed by atoms with Crippen LogP contribution < -0.4 is 5.32 Å². The molecule has 0 aromatic heterocycles. The van der Waals surface area contributed by atoms with Crippen molar-refractivity contribution in [2.45, 2.75) is 0 Å². The molecule has 1 saturated heterocycles. The summed E-state index contributed by atoms with van der Waals surface area (Å²) in [4.78, 5) is 12.3. The van der Waals surface area contributed by atoms with Gasteiger partial charge in [-0.25, -0.2) is 0 Å². The minimum atomic E-state index is -0.162. The number of hydrogen-bond acceptors (Lipinski definition) is 4. The number of benzene rings is 2. The van der Waals surface area contributed by atoms with E-state index in [9.17, 15) is 9.90 Å². The monoisotopic (exact) mass is 313 g/mol. The zero-order valence-corrected chi connectivity index (χ0v) is 12.5. The summed E-state index contributed by atoms with van der Waals surface area (Å²) < 4.78 is 0.480. The number of thiocarbonyl (C=S) groups is 1. The summed E-state index contributed by atoms with van der Waals surface area (Å²) in [6.07, 6.45) is 1.83. The molecule has 1 heterocycles. The Balaban J connectivity index is 2.04. The van der Waals surface area contributed by atoms with Crippen LogP contribution in [0.1, 0.15) is 5.56 Å². The van der Waals surface area contributed by atoms with Gasteiger partial charge in [-0.2, -0.15) is 0 Å². The summed E-state index contributed by atoms with van der Waals surface area (Å²) in [5, 5.41) is 12.0. The van der Waals surface area contributed by atoms with Crippen molar-refractivity contribution in [3.8, 4) is 16.9 Å². The van der Waals surface area contributed by atoms with Gasteiger partial charge in [-0.1, -0.05) is 60.4 Å². The molecular formula is C16H11NO2S2. The molecule has 1 amide bonds. The molecule has 5 heteroatoms. The maximum absolute atomic E-state index is 11.8. The van der Waals surface area contributed by atoms with Crippen LogP contribution in [-0.4, -0.2) is 15.3 Å². The van der Waals surface area contributed by atoms with Crippen molar-refractivity contribution >= 4 is 40.3 Å². The maximum Gasteiger partial charge on any atom is 0.263 e. The summed E-state index contributed by atoms with van der Waals surface area (Å²) >= 11 is 6.26. The van der Waals surface area contributed by atoms with E-state index in [2.05, 4.69) is 5.32 Å². The zero-order chi connectivity index (χ0) is 14.8. The zero-order valence-electron chi connectivity index (χ0n) is 10.9. The molecule has 0 bridgehead atoms. The normalized spacial score (nSPS) is 16.3.